The topological polar surface area (TPSA) is 73.5 Å². The fraction of sp³-hybridized carbons (Fsp3) is 0.263. The van der Waals surface area contributed by atoms with Crippen LogP contribution < -0.4 is 5.32 Å². The second kappa shape index (κ2) is 5.94. The number of nitrogens with one attached hydrogen (secondary N) is 1. The second-order valence-corrected chi connectivity index (χ2v) is 6.78. The number of hydrogen-bond acceptors (Lipinski definition) is 5. The summed E-state index contributed by atoms with van der Waals surface area (Å²) in [5, 5.41) is 12.8. The van der Waals surface area contributed by atoms with Crippen molar-refractivity contribution in [2.75, 3.05) is 5.32 Å². The largest absolute Gasteiger partial charge is 0.321 e. The third kappa shape index (κ3) is 2.81. The van der Waals surface area contributed by atoms with Crippen LogP contribution >= 0.6 is 0 Å². The van der Waals surface area contributed by atoms with Crippen LogP contribution in [0.2, 0.25) is 0 Å². The van der Waals surface area contributed by atoms with Gasteiger partial charge in [0.15, 0.2) is 5.65 Å². The van der Waals surface area contributed by atoms with Crippen LogP contribution in [0.4, 0.5) is 11.6 Å². The van der Waals surface area contributed by atoms with Gasteiger partial charge in [-0.3, -0.25) is 4.68 Å². The highest BCUT2D eigenvalue weighted by Crippen LogP contribution is 2.41. The van der Waals surface area contributed by atoms with Gasteiger partial charge in [-0.2, -0.15) is 15.2 Å². The summed E-state index contributed by atoms with van der Waals surface area (Å²) < 4.78 is 3.69. The molecule has 1 aliphatic rings. The molecule has 130 valence electrons. The van der Waals surface area contributed by atoms with Gasteiger partial charge in [-0.15, -0.1) is 0 Å². The molecular formula is C19H19N7. The zero-order valence-corrected chi connectivity index (χ0v) is 14.5. The van der Waals surface area contributed by atoms with Gasteiger partial charge < -0.3 is 5.32 Å². The molecule has 1 N–H and O–H groups in total. The highest BCUT2D eigenvalue weighted by molar-refractivity contribution is 5.75. The molecule has 0 bridgehead atoms. The first kappa shape index (κ1) is 15.1. The summed E-state index contributed by atoms with van der Waals surface area (Å²) >= 11 is 0. The normalized spacial score (nSPS) is 14.0. The first-order valence-electron chi connectivity index (χ1n) is 8.78. The fourth-order valence-corrected chi connectivity index (χ4v) is 3.29. The highest BCUT2D eigenvalue weighted by Gasteiger charge is 2.25. The van der Waals surface area contributed by atoms with E-state index in [4.69, 9.17) is 0 Å². The van der Waals surface area contributed by atoms with Gasteiger partial charge in [0.2, 0.25) is 5.95 Å². The minimum atomic E-state index is 0.544. The molecule has 7 nitrogen and oxygen atoms in total. The van der Waals surface area contributed by atoms with E-state index in [1.165, 1.54) is 24.0 Å². The maximum absolute atomic E-state index is 4.67. The number of fused-ring (bicyclic) bond motifs is 1. The van der Waals surface area contributed by atoms with Crippen LogP contribution in [-0.4, -0.2) is 29.5 Å². The molecule has 0 atom stereocenters. The van der Waals surface area contributed by atoms with Crippen molar-refractivity contribution in [3.8, 4) is 0 Å². The Morgan fingerprint density at radius 1 is 1.12 bits per heavy atom. The predicted octanol–water partition coefficient (Wildman–Crippen LogP) is 3.23. The summed E-state index contributed by atoms with van der Waals surface area (Å²) in [5.41, 5.74) is 4.45. The summed E-state index contributed by atoms with van der Waals surface area (Å²) in [7, 11) is 1.88. The average molecular weight is 345 g/mol. The van der Waals surface area contributed by atoms with E-state index in [9.17, 15) is 0 Å². The SMILES string of the molecule is Cn1cc(Nc2ncc3cnn(Cc4ccccc4C4CC4)c3n2)cn1. The lowest BCUT2D eigenvalue weighted by atomic mass is 10.0. The number of aryl methyl sites for hydroxylation is 1. The van der Waals surface area contributed by atoms with Crippen molar-refractivity contribution in [2.45, 2.75) is 25.3 Å². The minimum absolute atomic E-state index is 0.544. The van der Waals surface area contributed by atoms with Crippen molar-refractivity contribution in [3.05, 3.63) is 60.2 Å². The van der Waals surface area contributed by atoms with E-state index in [-0.39, 0.29) is 0 Å². The Balaban J connectivity index is 1.47. The maximum atomic E-state index is 4.67. The molecule has 1 aliphatic carbocycles. The lowest BCUT2D eigenvalue weighted by Crippen LogP contribution is -2.06. The van der Waals surface area contributed by atoms with E-state index in [0.29, 0.717) is 11.9 Å². The van der Waals surface area contributed by atoms with Gasteiger partial charge in [-0.25, -0.2) is 9.67 Å². The Morgan fingerprint density at radius 2 is 2.00 bits per heavy atom. The lowest BCUT2D eigenvalue weighted by molar-refractivity contribution is 0.698. The minimum Gasteiger partial charge on any atom is -0.321 e. The van der Waals surface area contributed by atoms with Crippen LogP contribution in [0.3, 0.4) is 0 Å². The Hall–Kier alpha value is -3.22. The number of anilines is 2. The molecule has 0 aliphatic heterocycles. The van der Waals surface area contributed by atoms with E-state index >= 15 is 0 Å². The van der Waals surface area contributed by atoms with Crippen molar-refractivity contribution in [3.63, 3.8) is 0 Å². The van der Waals surface area contributed by atoms with Crippen molar-refractivity contribution < 1.29 is 0 Å². The number of nitrogens with zero attached hydrogens (tertiary/aromatic N) is 6. The van der Waals surface area contributed by atoms with Gasteiger partial charge in [-0.05, 0) is 29.9 Å². The highest BCUT2D eigenvalue weighted by atomic mass is 15.3. The van der Waals surface area contributed by atoms with Crippen LogP contribution in [0, 0.1) is 0 Å². The third-order valence-electron chi connectivity index (χ3n) is 4.73. The molecule has 0 unspecified atom stereocenters. The summed E-state index contributed by atoms with van der Waals surface area (Å²) in [6.45, 7) is 0.722. The molecule has 1 saturated carbocycles. The molecule has 7 heteroatoms. The molecule has 1 aromatic carbocycles. The number of benzene rings is 1. The third-order valence-corrected chi connectivity index (χ3v) is 4.73. The molecule has 4 aromatic rings. The maximum Gasteiger partial charge on any atom is 0.229 e. The van der Waals surface area contributed by atoms with E-state index in [1.807, 2.05) is 24.1 Å². The average Bonchev–Trinajstić information content (AvgIpc) is 3.31. The summed E-state index contributed by atoms with van der Waals surface area (Å²) in [4.78, 5) is 9.04. The molecule has 0 radical (unpaired) electrons. The van der Waals surface area contributed by atoms with Crippen LogP contribution in [0.25, 0.3) is 11.0 Å². The van der Waals surface area contributed by atoms with Crippen LogP contribution in [-0.2, 0) is 13.6 Å². The number of rotatable bonds is 5. The lowest BCUT2D eigenvalue weighted by Gasteiger charge is -2.09. The van der Waals surface area contributed by atoms with Crippen LogP contribution in [0.5, 0.6) is 0 Å². The van der Waals surface area contributed by atoms with Gasteiger partial charge >= 0.3 is 0 Å². The zero-order chi connectivity index (χ0) is 17.5. The molecule has 3 heterocycles. The Kier molecular flexibility index (Phi) is 3.44. The summed E-state index contributed by atoms with van der Waals surface area (Å²) in [6.07, 6.45) is 9.84. The van der Waals surface area contributed by atoms with E-state index < -0.39 is 0 Å². The first-order valence-corrected chi connectivity index (χ1v) is 8.78. The van der Waals surface area contributed by atoms with Gasteiger partial charge in [0.1, 0.15) is 0 Å². The summed E-state index contributed by atoms with van der Waals surface area (Å²) in [6, 6.07) is 8.65. The van der Waals surface area contributed by atoms with Crippen molar-refractivity contribution in [2.24, 2.45) is 7.05 Å². The van der Waals surface area contributed by atoms with E-state index in [2.05, 4.69) is 49.7 Å². The van der Waals surface area contributed by atoms with Crippen LogP contribution in [0.15, 0.2) is 49.1 Å². The fourth-order valence-electron chi connectivity index (χ4n) is 3.29. The summed E-state index contributed by atoms with van der Waals surface area (Å²) in [5.74, 6) is 1.26. The van der Waals surface area contributed by atoms with Crippen molar-refractivity contribution in [1.29, 1.82) is 0 Å². The Labute approximate surface area is 150 Å². The first-order chi connectivity index (χ1) is 12.8. The van der Waals surface area contributed by atoms with Gasteiger partial charge in [0.05, 0.1) is 30.0 Å². The van der Waals surface area contributed by atoms with Crippen LogP contribution in [0.1, 0.15) is 29.9 Å². The van der Waals surface area contributed by atoms with Gasteiger partial charge in [-0.1, -0.05) is 24.3 Å². The molecule has 0 spiro atoms. The van der Waals surface area contributed by atoms with Gasteiger partial charge in [0.25, 0.3) is 0 Å². The molecule has 1 fully saturated rings. The predicted molar refractivity (Wildman–Crippen MR) is 99.3 cm³/mol. The monoisotopic (exact) mass is 345 g/mol. The molecular weight excluding hydrogens is 326 g/mol. The molecule has 0 amide bonds. The standard InChI is InChI=1S/C19H19N7/c1-25-12-16(10-21-25)23-19-20-8-15-9-22-26(18(15)24-19)11-14-4-2-3-5-17(14)13-6-7-13/h2-5,8-10,12-13H,6-7,11H2,1H3,(H,20,23,24). The van der Waals surface area contributed by atoms with E-state index in [0.717, 1.165) is 23.3 Å². The Bertz CT molecular complexity index is 1070. The number of aromatic nitrogens is 6. The number of hydrogen-bond donors (Lipinski definition) is 1. The second-order valence-electron chi connectivity index (χ2n) is 6.78. The van der Waals surface area contributed by atoms with Gasteiger partial charge in [0, 0.05) is 19.4 Å². The Morgan fingerprint density at radius 3 is 2.81 bits per heavy atom. The zero-order valence-electron chi connectivity index (χ0n) is 14.5. The molecule has 5 rings (SSSR count). The van der Waals surface area contributed by atoms with E-state index in [1.54, 1.807) is 17.1 Å². The quantitative estimate of drug-likeness (QED) is 0.601. The molecule has 26 heavy (non-hydrogen) atoms. The molecule has 3 aromatic heterocycles. The smallest absolute Gasteiger partial charge is 0.229 e. The molecule has 0 saturated heterocycles. The van der Waals surface area contributed by atoms with Crippen molar-refractivity contribution >= 4 is 22.7 Å². The van der Waals surface area contributed by atoms with Crippen molar-refractivity contribution in [1.82, 2.24) is 29.5 Å².